The van der Waals surface area contributed by atoms with Crippen molar-refractivity contribution >= 4 is 40.3 Å². The molecule has 4 aliphatic heterocycles. The lowest BCUT2D eigenvalue weighted by Gasteiger charge is -2.42. The topological polar surface area (TPSA) is 41.4 Å². The number of benzene rings is 2. The predicted molar refractivity (Wildman–Crippen MR) is 149 cm³/mol. The van der Waals surface area contributed by atoms with Crippen molar-refractivity contribution in [1.82, 2.24) is 19.5 Å². The molecular formula is C29H29ClN5OS+. The second-order valence-electron chi connectivity index (χ2n) is 10.2. The summed E-state index contributed by atoms with van der Waals surface area (Å²) in [5.41, 5.74) is 5.30. The maximum absolute atomic E-state index is 13.2. The van der Waals surface area contributed by atoms with Crippen LogP contribution in [-0.4, -0.2) is 67.8 Å². The number of piperidine rings is 1. The van der Waals surface area contributed by atoms with Crippen LogP contribution in [0.15, 0.2) is 84.2 Å². The molecule has 1 aromatic heterocycles. The first-order valence-electron chi connectivity index (χ1n) is 13.0. The molecule has 0 N–H and O–H groups in total. The van der Waals surface area contributed by atoms with E-state index < -0.39 is 0 Å². The van der Waals surface area contributed by atoms with Gasteiger partial charge >= 0.3 is 0 Å². The summed E-state index contributed by atoms with van der Waals surface area (Å²) in [5, 5.41) is 3.25. The van der Waals surface area contributed by atoms with E-state index >= 15 is 0 Å². The first-order valence-corrected chi connectivity index (χ1v) is 14.5. The van der Waals surface area contributed by atoms with Crippen LogP contribution in [0.4, 0.5) is 0 Å². The number of thioether (sulfide) groups is 1. The molecule has 188 valence electrons. The van der Waals surface area contributed by atoms with Crippen LogP contribution in [0.25, 0.3) is 16.7 Å². The highest BCUT2D eigenvalue weighted by Crippen LogP contribution is 2.41. The van der Waals surface area contributed by atoms with Gasteiger partial charge in [0.15, 0.2) is 5.70 Å². The van der Waals surface area contributed by atoms with Crippen molar-refractivity contribution in [3.8, 4) is 5.69 Å². The van der Waals surface area contributed by atoms with Crippen LogP contribution in [0.2, 0.25) is 5.02 Å². The van der Waals surface area contributed by atoms with Gasteiger partial charge in [0.25, 0.3) is 5.91 Å². The van der Waals surface area contributed by atoms with Gasteiger partial charge in [0.1, 0.15) is 18.6 Å². The number of carbonyl (C=O) groups excluding carboxylic acids is 1. The van der Waals surface area contributed by atoms with Gasteiger partial charge in [-0.15, -0.1) is 16.8 Å². The molecule has 2 saturated heterocycles. The highest BCUT2D eigenvalue weighted by atomic mass is 35.5. The molecule has 8 heteroatoms. The number of allylic oxidation sites excluding steroid dienone is 3. The molecule has 0 unspecified atom stereocenters. The number of aromatic nitrogens is 2. The van der Waals surface area contributed by atoms with E-state index in [0.29, 0.717) is 22.1 Å². The molecule has 1 amide bonds. The Labute approximate surface area is 226 Å². The number of imidazole rings is 1. The summed E-state index contributed by atoms with van der Waals surface area (Å²) in [6.45, 7) is 3.46. The number of carbonyl (C=O) groups is 1. The molecule has 4 aliphatic rings. The summed E-state index contributed by atoms with van der Waals surface area (Å²) in [5.74, 6) is 3.51. The largest absolute Gasteiger partial charge is 0.329 e. The number of nitrogens with zero attached hydrogens (tertiary/aromatic N) is 5. The van der Waals surface area contributed by atoms with E-state index in [1.165, 1.54) is 5.70 Å². The van der Waals surface area contributed by atoms with Crippen LogP contribution >= 0.6 is 23.4 Å². The molecule has 0 radical (unpaired) electrons. The van der Waals surface area contributed by atoms with Crippen LogP contribution in [0.3, 0.4) is 0 Å². The van der Waals surface area contributed by atoms with Gasteiger partial charge in [-0.1, -0.05) is 29.8 Å². The van der Waals surface area contributed by atoms with E-state index in [9.17, 15) is 4.79 Å². The zero-order chi connectivity index (χ0) is 25.0. The van der Waals surface area contributed by atoms with Gasteiger partial charge in [-0.2, -0.15) is 4.59 Å². The molecule has 2 fully saturated rings. The molecular weight excluding hydrogens is 502 g/mol. The second-order valence-corrected chi connectivity index (χ2v) is 11.7. The van der Waals surface area contributed by atoms with Crippen LogP contribution in [0.1, 0.15) is 24.6 Å². The van der Waals surface area contributed by atoms with Crippen LogP contribution in [0, 0.1) is 0 Å². The molecule has 1 atom stereocenters. The van der Waals surface area contributed by atoms with Gasteiger partial charge in [-0.05, 0) is 49.2 Å². The van der Waals surface area contributed by atoms with Crippen molar-refractivity contribution in [1.29, 1.82) is 0 Å². The fraction of sp³-hybridized carbons (Fsp3) is 0.310. The molecule has 37 heavy (non-hydrogen) atoms. The molecule has 0 bridgehead atoms. The average molecular weight is 531 g/mol. The number of rotatable bonds is 4. The minimum absolute atomic E-state index is 0.205. The third-order valence-corrected chi connectivity index (χ3v) is 9.29. The summed E-state index contributed by atoms with van der Waals surface area (Å²) < 4.78 is 2.96. The van der Waals surface area contributed by atoms with E-state index in [0.717, 1.165) is 72.2 Å². The number of quaternary nitrogens is 1. The fourth-order valence-electron chi connectivity index (χ4n) is 6.23. The van der Waals surface area contributed by atoms with Gasteiger partial charge in [-0.25, -0.2) is 4.98 Å². The van der Waals surface area contributed by atoms with E-state index in [1.807, 2.05) is 34.9 Å². The average Bonchev–Trinajstić information content (AvgIpc) is 3.71. The molecule has 3 aromatic rings. The first-order chi connectivity index (χ1) is 18.1. The third-order valence-electron chi connectivity index (χ3n) is 8.09. The Balaban J connectivity index is 1.14. The van der Waals surface area contributed by atoms with Crippen LogP contribution in [-0.2, 0) is 4.79 Å². The lowest BCUT2D eigenvalue weighted by atomic mass is 9.96. The van der Waals surface area contributed by atoms with E-state index in [2.05, 4.69) is 64.3 Å². The van der Waals surface area contributed by atoms with Crippen LogP contribution < -0.4 is 0 Å². The molecule has 0 saturated carbocycles. The Hall–Kier alpha value is -2.84. The number of para-hydroxylation sites is 1. The lowest BCUT2D eigenvalue weighted by Crippen LogP contribution is -2.56. The Morgan fingerprint density at radius 3 is 2.70 bits per heavy atom. The first kappa shape index (κ1) is 23.3. The van der Waals surface area contributed by atoms with Crippen molar-refractivity contribution in [2.24, 2.45) is 0 Å². The van der Waals surface area contributed by atoms with Crippen molar-refractivity contribution in [3.63, 3.8) is 0 Å². The van der Waals surface area contributed by atoms with Crippen molar-refractivity contribution in [2.75, 3.05) is 37.8 Å². The monoisotopic (exact) mass is 530 g/mol. The zero-order valence-corrected chi connectivity index (χ0v) is 22.2. The Bertz CT molecular complexity index is 1460. The van der Waals surface area contributed by atoms with Gasteiger partial charge in [-0.3, -0.25) is 9.36 Å². The van der Waals surface area contributed by atoms with Crippen LogP contribution in [0.5, 0.6) is 0 Å². The standard InChI is InChI=1S/C29H29ClN5OS/c30-23-8-9-27-26(18-23)31-28(34(27)24-5-2-1-3-6-24)21-10-12-33(13-11-21)35-15-4-7-25(35)17-22(19-35)29(36)32-14-16-37-20-32/h1-9,15,17-18,21H,10-14,16,19-20H2/q+1/t35-/m1/s1. The summed E-state index contributed by atoms with van der Waals surface area (Å²) in [4.78, 5) is 20.3. The SMILES string of the molecule is O=C(C1=CC2=CC=C[N@@+]2(N2CCC(c3nc4cc(Cl)ccc4n3-c3ccccc3)CC2)C1)N1CCSC1. The summed E-state index contributed by atoms with van der Waals surface area (Å²) in [6.07, 6.45) is 10.7. The summed E-state index contributed by atoms with van der Waals surface area (Å²) >= 11 is 8.16. The minimum atomic E-state index is 0.205. The lowest BCUT2D eigenvalue weighted by molar-refractivity contribution is -0.949. The van der Waals surface area contributed by atoms with Crippen molar-refractivity contribution in [2.45, 2.75) is 18.8 Å². The quantitative estimate of drug-likeness (QED) is 0.419. The maximum atomic E-state index is 13.2. The second kappa shape index (κ2) is 9.17. The number of amides is 1. The fourth-order valence-corrected chi connectivity index (χ4v) is 7.34. The normalized spacial score (nSPS) is 24.1. The number of hydrogen-bond acceptors (Lipinski definition) is 4. The van der Waals surface area contributed by atoms with Gasteiger partial charge < -0.3 is 4.90 Å². The molecule has 0 aliphatic carbocycles. The van der Waals surface area contributed by atoms with Crippen molar-refractivity contribution in [3.05, 3.63) is 95.1 Å². The van der Waals surface area contributed by atoms with E-state index in [4.69, 9.17) is 16.6 Å². The zero-order valence-electron chi connectivity index (χ0n) is 20.6. The smallest absolute Gasteiger partial charge is 0.256 e. The summed E-state index contributed by atoms with van der Waals surface area (Å²) in [6, 6.07) is 16.5. The highest BCUT2D eigenvalue weighted by molar-refractivity contribution is 7.99. The molecule has 0 spiro atoms. The van der Waals surface area contributed by atoms with E-state index in [-0.39, 0.29) is 5.91 Å². The summed E-state index contributed by atoms with van der Waals surface area (Å²) in [7, 11) is 0. The maximum Gasteiger partial charge on any atom is 0.256 e. The minimum Gasteiger partial charge on any atom is -0.329 e. The van der Waals surface area contributed by atoms with Gasteiger partial charge in [0, 0.05) is 54.2 Å². The van der Waals surface area contributed by atoms with Gasteiger partial charge in [0.2, 0.25) is 0 Å². The van der Waals surface area contributed by atoms with Crippen molar-refractivity contribution < 1.29 is 9.39 Å². The molecule has 5 heterocycles. The number of fused-ring (bicyclic) bond motifs is 2. The number of hydrogen-bond donors (Lipinski definition) is 0. The highest BCUT2D eigenvalue weighted by Gasteiger charge is 2.48. The number of halogens is 1. The third kappa shape index (κ3) is 3.87. The van der Waals surface area contributed by atoms with Gasteiger partial charge in [0.05, 0.1) is 22.5 Å². The Kier molecular flexibility index (Phi) is 5.77. The molecule has 7 rings (SSSR count). The Morgan fingerprint density at radius 1 is 1.08 bits per heavy atom. The predicted octanol–water partition coefficient (Wildman–Crippen LogP) is 5.47. The Morgan fingerprint density at radius 2 is 1.92 bits per heavy atom. The molecule has 6 nitrogen and oxygen atoms in total. The van der Waals surface area contributed by atoms with E-state index in [1.54, 1.807) is 0 Å². The molecule has 2 aromatic carbocycles.